The van der Waals surface area contributed by atoms with Crippen molar-refractivity contribution in [3.8, 4) is 0 Å². The SMILES string of the molecule is OC[C@H]1O[C@H](O[C@H]2O[C@H](CO)[C@H](O)[C@@H](O)[C@H]2O)[C@H](O)[C@H](O)[C@H]1O. The maximum absolute atomic E-state index is 9.84. The third kappa shape index (κ3) is 3.65. The van der Waals surface area contributed by atoms with Gasteiger partial charge < -0.3 is 55.1 Å². The second-order valence-corrected chi connectivity index (χ2v) is 5.53. The molecule has 136 valence electrons. The van der Waals surface area contributed by atoms with Crippen LogP contribution in [0.3, 0.4) is 0 Å². The third-order valence-electron chi connectivity index (χ3n) is 3.97. The van der Waals surface area contributed by atoms with Crippen molar-refractivity contribution in [3.05, 3.63) is 0 Å². The molecule has 11 nitrogen and oxygen atoms in total. The van der Waals surface area contributed by atoms with Crippen LogP contribution in [-0.2, 0) is 14.2 Å². The second-order valence-electron chi connectivity index (χ2n) is 5.53. The summed E-state index contributed by atoms with van der Waals surface area (Å²) >= 11 is 0. The zero-order valence-electron chi connectivity index (χ0n) is 12.0. The van der Waals surface area contributed by atoms with Crippen LogP contribution in [0.5, 0.6) is 0 Å². The molecule has 0 aliphatic carbocycles. The summed E-state index contributed by atoms with van der Waals surface area (Å²) in [6.07, 6.45) is -15.6. The normalized spacial score (nSPS) is 51.7. The lowest BCUT2D eigenvalue weighted by molar-refractivity contribution is -0.376. The van der Waals surface area contributed by atoms with Gasteiger partial charge in [-0.2, -0.15) is 0 Å². The highest BCUT2D eigenvalue weighted by Gasteiger charge is 2.49. The topological polar surface area (TPSA) is 190 Å². The fraction of sp³-hybridized carbons (Fsp3) is 1.00. The largest absolute Gasteiger partial charge is 0.394 e. The summed E-state index contributed by atoms with van der Waals surface area (Å²) in [6.45, 7) is -1.33. The predicted molar refractivity (Wildman–Crippen MR) is 68.6 cm³/mol. The molecule has 8 N–H and O–H groups in total. The smallest absolute Gasteiger partial charge is 0.189 e. The van der Waals surface area contributed by atoms with Crippen LogP contribution in [0.25, 0.3) is 0 Å². The number of aliphatic hydroxyl groups is 8. The van der Waals surface area contributed by atoms with E-state index in [2.05, 4.69) is 0 Å². The molecule has 0 aromatic heterocycles. The molecule has 0 spiro atoms. The van der Waals surface area contributed by atoms with Crippen LogP contribution in [0.2, 0.25) is 0 Å². The van der Waals surface area contributed by atoms with Crippen molar-refractivity contribution in [2.24, 2.45) is 0 Å². The van der Waals surface area contributed by atoms with E-state index < -0.39 is 74.6 Å². The van der Waals surface area contributed by atoms with E-state index in [-0.39, 0.29) is 0 Å². The van der Waals surface area contributed by atoms with E-state index in [4.69, 9.17) is 24.4 Å². The molecular formula is C12H22O11. The van der Waals surface area contributed by atoms with E-state index in [0.29, 0.717) is 0 Å². The Morgan fingerprint density at radius 1 is 0.565 bits per heavy atom. The van der Waals surface area contributed by atoms with E-state index in [1.54, 1.807) is 0 Å². The maximum Gasteiger partial charge on any atom is 0.189 e. The van der Waals surface area contributed by atoms with Crippen LogP contribution in [0.15, 0.2) is 0 Å². The monoisotopic (exact) mass is 342 g/mol. The maximum atomic E-state index is 9.84. The van der Waals surface area contributed by atoms with Crippen LogP contribution in [0.1, 0.15) is 0 Å². The molecule has 11 heteroatoms. The summed E-state index contributed by atoms with van der Waals surface area (Å²) in [6, 6.07) is 0. The van der Waals surface area contributed by atoms with Gasteiger partial charge in [0.25, 0.3) is 0 Å². The molecule has 23 heavy (non-hydrogen) atoms. The van der Waals surface area contributed by atoms with Crippen LogP contribution in [-0.4, -0.2) is 115 Å². The highest BCUT2D eigenvalue weighted by Crippen LogP contribution is 2.27. The Labute approximate surface area is 130 Å². The molecule has 2 aliphatic rings. The molecule has 0 amide bonds. The summed E-state index contributed by atoms with van der Waals surface area (Å²) in [5.41, 5.74) is 0. The van der Waals surface area contributed by atoms with Gasteiger partial charge in [0, 0.05) is 0 Å². The van der Waals surface area contributed by atoms with Crippen molar-refractivity contribution in [2.75, 3.05) is 13.2 Å². The second kappa shape index (κ2) is 7.63. The van der Waals surface area contributed by atoms with E-state index in [0.717, 1.165) is 0 Å². The number of rotatable bonds is 4. The predicted octanol–water partition coefficient (Wildman–Crippen LogP) is -5.40. The summed E-state index contributed by atoms with van der Waals surface area (Å²) < 4.78 is 15.3. The first-order chi connectivity index (χ1) is 10.8. The van der Waals surface area contributed by atoms with Crippen molar-refractivity contribution in [2.45, 2.75) is 61.4 Å². The number of aliphatic hydroxyl groups excluding tert-OH is 8. The lowest BCUT2D eigenvalue weighted by Gasteiger charge is -2.44. The highest BCUT2D eigenvalue weighted by molar-refractivity contribution is 4.92. The van der Waals surface area contributed by atoms with E-state index >= 15 is 0 Å². The Hall–Kier alpha value is -0.440. The Morgan fingerprint density at radius 3 is 1.22 bits per heavy atom. The van der Waals surface area contributed by atoms with Crippen LogP contribution >= 0.6 is 0 Å². The van der Waals surface area contributed by atoms with Gasteiger partial charge in [-0.1, -0.05) is 0 Å². The Kier molecular flexibility index (Phi) is 6.27. The molecular weight excluding hydrogens is 320 g/mol. The molecule has 0 bridgehead atoms. The minimum absolute atomic E-state index is 0.667. The molecule has 2 saturated heterocycles. The van der Waals surface area contributed by atoms with Gasteiger partial charge in [0.2, 0.25) is 0 Å². The summed E-state index contributed by atoms with van der Waals surface area (Å²) in [4.78, 5) is 0. The molecule has 10 atom stereocenters. The summed E-state index contributed by atoms with van der Waals surface area (Å²) in [7, 11) is 0. The van der Waals surface area contributed by atoms with Crippen molar-refractivity contribution < 1.29 is 55.1 Å². The van der Waals surface area contributed by atoms with Crippen molar-refractivity contribution in [1.29, 1.82) is 0 Å². The first-order valence-corrected chi connectivity index (χ1v) is 7.08. The Balaban J connectivity index is 2.07. The van der Waals surface area contributed by atoms with Gasteiger partial charge in [-0.05, 0) is 0 Å². The van der Waals surface area contributed by atoms with Gasteiger partial charge in [0.1, 0.15) is 48.8 Å². The molecule has 0 aromatic rings. The van der Waals surface area contributed by atoms with Gasteiger partial charge in [-0.25, -0.2) is 0 Å². The molecule has 0 unspecified atom stereocenters. The van der Waals surface area contributed by atoms with E-state index in [1.165, 1.54) is 0 Å². The quantitative estimate of drug-likeness (QED) is 0.243. The minimum Gasteiger partial charge on any atom is -0.394 e. The van der Waals surface area contributed by atoms with Crippen molar-refractivity contribution in [1.82, 2.24) is 0 Å². The number of hydrogen-bond acceptors (Lipinski definition) is 11. The standard InChI is InChI=1S/C12H22O11/c13-1-3-5(15)7(17)9(19)11(21-3)23-12-10(20)8(18)6(16)4(2-14)22-12/h3-20H,1-2H2/t3-,4-,5+,6+,7-,8-,9-,10-,11-,12-/m1/s1. The number of ether oxygens (including phenoxy) is 3. The first-order valence-electron chi connectivity index (χ1n) is 7.08. The average molecular weight is 342 g/mol. The molecule has 2 rings (SSSR count). The minimum atomic E-state index is -1.72. The van der Waals surface area contributed by atoms with Gasteiger partial charge in [0.15, 0.2) is 12.6 Å². The fourth-order valence-corrected chi connectivity index (χ4v) is 2.49. The molecule has 2 heterocycles. The molecule has 0 radical (unpaired) electrons. The summed E-state index contributed by atoms with van der Waals surface area (Å²) in [5.74, 6) is 0. The van der Waals surface area contributed by atoms with Crippen LogP contribution in [0.4, 0.5) is 0 Å². The van der Waals surface area contributed by atoms with Gasteiger partial charge in [-0.3, -0.25) is 0 Å². The van der Waals surface area contributed by atoms with E-state index in [1.807, 2.05) is 0 Å². The van der Waals surface area contributed by atoms with Gasteiger partial charge in [-0.15, -0.1) is 0 Å². The van der Waals surface area contributed by atoms with E-state index in [9.17, 15) is 30.6 Å². The molecule has 2 fully saturated rings. The highest BCUT2D eigenvalue weighted by atomic mass is 16.8. The van der Waals surface area contributed by atoms with Crippen molar-refractivity contribution in [3.63, 3.8) is 0 Å². The van der Waals surface area contributed by atoms with Crippen LogP contribution < -0.4 is 0 Å². The Morgan fingerprint density at radius 2 is 0.913 bits per heavy atom. The molecule has 0 saturated carbocycles. The molecule has 2 aliphatic heterocycles. The molecule has 0 aromatic carbocycles. The van der Waals surface area contributed by atoms with Crippen molar-refractivity contribution >= 4 is 0 Å². The first kappa shape index (κ1) is 18.9. The number of hydrogen-bond donors (Lipinski definition) is 8. The Bertz CT molecular complexity index is 344. The zero-order valence-corrected chi connectivity index (χ0v) is 12.0. The lowest BCUT2D eigenvalue weighted by atomic mass is 9.98. The van der Waals surface area contributed by atoms with Gasteiger partial charge >= 0.3 is 0 Å². The fourth-order valence-electron chi connectivity index (χ4n) is 2.49. The lowest BCUT2D eigenvalue weighted by Crippen LogP contribution is -2.63. The third-order valence-corrected chi connectivity index (χ3v) is 3.97. The zero-order chi connectivity index (χ0) is 17.3. The van der Waals surface area contributed by atoms with Crippen LogP contribution in [0, 0.1) is 0 Å². The summed E-state index contributed by atoms with van der Waals surface area (Å²) in [5, 5.41) is 76.4. The van der Waals surface area contributed by atoms with Gasteiger partial charge in [0.05, 0.1) is 13.2 Å². The average Bonchev–Trinajstić information content (AvgIpc) is 2.55.